The van der Waals surface area contributed by atoms with E-state index < -0.39 is 0 Å². The second kappa shape index (κ2) is 3.46. The fraction of sp³-hybridized carbons (Fsp3) is 0.500. The van der Waals surface area contributed by atoms with Crippen molar-refractivity contribution < 1.29 is 9.21 Å². The van der Waals surface area contributed by atoms with Crippen LogP contribution in [0.25, 0.3) is 0 Å². The van der Waals surface area contributed by atoms with Crippen LogP contribution in [0.3, 0.4) is 0 Å². The molecule has 0 saturated heterocycles. The van der Waals surface area contributed by atoms with Gasteiger partial charge in [0, 0.05) is 6.54 Å². The van der Waals surface area contributed by atoms with Crippen LogP contribution >= 0.6 is 0 Å². The smallest absolute Gasteiger partial charge is 0.227 e. The van der Waals surface area contributed by atoms with E-state index in [1.54, 1.807) is 12.3 Å². The number of furan rings is 1. The normalized spacial score (nSPS) is 17.8. The number of rotatable bonds is 4. The first-order valence-electron chi connectivity index (χ1n) is 4.78. The Bertz CT molecular complexity index is 315. The molecule has 1 fully saturated rings. The van der Waals surface area contributed by atoms with E-state index in [0.717, 1.165) is 18.6 Å². The van der Waals surface area contributed by atoms with Crippen LogP contribution < -0.4 is 11.1 Å². The van der Waals surface area contributed by atoms with Crippen molar-refractivity contribution in [1.29, 1.82) is 0 Å². The monoisotopic (exact) mass is 194 g/mol. The highest BCUT2D eigenvalue weighted by molar-refractivity contribution is 5.85. The number of carbonyl (C=O) groups excluding carboxylic acids is 1. The number of hydrogen-bond donors (Lipinski definition) is 2. The number of hydrogen-bond acceptors (Lipinski definition) is 3. The molecule has 1 aliphatic rings. The summed E-state index contributed by atoms with van der Waals surface area (Å²) < 4.78 is 5.10. The predicted octanol–water partition coefficient (Wildman–Crippen LogP) is 0.635. The van der Waals surface area contributed by atoms with Gasteiger partial charge in [-0.3, -0.25) is 4.79 Å². The van der Waals surface area contributed by atoms with Crippen molar-refractivity contribution in [2.45, 2.75) is 19.4 Å². The fourth-order valence-corrected chi connectivity index (χ4v) is 1.44. The average molecular weight is 194 g/mol. The van der Waals surface area contributed by atoms with Gasteiger partial charge in [-0.2, -0.15) is 0 Å². The van der Waals surface area contributed by atoms with Crippen molar-refractivity contribution in [3.63, 3.8) is 0 Å². The second-order valence-corrected chi connectivity index (χ2v) is 3.75. The van der Waals surface area contributed by atoms with Crippen LogP contribution in [-0.2, 0) is 11.3 Å². The molecule has 76 valence electrons. The molecule has 0 unspecified atom stereocenters. The van der Waals surface area contributed by atoms with Crippen molar-refractivity contribution >= 4 is 5.91 Å². The van der Waals surface area contributed by atoms with Gasteiger partial charge < -0.3 is 15.5 Å². The van der Waals surface area contributed by atoms with Gasteiger partial charge in [-0.15, -0.1) is 0 Å². The number of nitrogens with one attached hydrogen (secondary N) is 1. The summed E-state index contributed by atoms with van der Waals surface area (Å²) in [5, 5.41) is 2.83. The first kappa shape index (κ1) is 9.27. The molecule has 1 heterocycles. The Morgan fingerprint density at radius 3 is 2.93 bits per heavy atom. The van der Waals surface area contributed by atoms with Crippen LogP contribution in [0.2, 0.25) is 0 Å². The van der Waals surface area contributed by atoms with Gasteiger partial charge in [0.25, 0.3) is 0 Å². The van der Waals surface area contributed by atoms with Gasteiger partial charge in [-0.25, -0.2) is 0 Å². The summed E-state index contributed by atoms with van der Waals surface area (Å²) in [6.45, 7) is 0.893. The summed E-state index contributed by atoms with van der Waals surface area (Å²) >= 11 is 0. The van der Waals surface area contributed by atoms with E-state index in [4.69, 9.17) is 10.2 Å². The Morgan fingerprint density at radius 2 is 2.43 bits per heavy atom. The molecule has 0 spiro atoms. The molecule has 14 heavy (non-hydrogen) atoms. The maximum atomic E-state index is 11.6. The highest BCUT2D eigenvalue weighted by Gasteiger charge is 2.48. The van der Waals surface area contributed by atoms with Crippen molar-refractivity contribution in [3.8, 4) is 0 Å². The summed E-state index contributed by atoms with van der Waals surface area (Å²) in [5.41, 5.74) is 5.26. The highest BCUT2D eigenvalue weighted by atomic mass is 16.3. The number of amides is 1. The molecule has 2 rings (SSSR count). The largest absolute Gasteiger partial charge is 0.467 e. The zero-order valence-electron chi connectivity index (χ0n) is 7.95. The standard InChI is InChI=1S/C10H14N2O2/c11-7-10(3-4-10)9(13)12-6-8-2-1-5-14-8/h1-2,5H,3-4,6-7,11H2,(H,12,13). The predicted molar refractivity (Wildman–Crippen MR) is 51.3 cm³/mol. The van der Waals surface area contributed by atoms with Gasteiger partial charge >= 0.3 is 0 Å². The first-order valence-corrected chi connectivity index (χ1v) is 4.78. The quantitative estimate of drug-likeness (QED) is 0.738. The minimum absolute atomic E-state index is 0.0522. The van der Waals surface area contributed by atoms with E-state index in [2.05, 4.69) is 5.32 Å². The number of nitrogens with two attached hydrogens (primary N) is 1. The molecule has 0 bridgehead atoms. The lowest BCUT2D eigenvalue weighted by Crippen LogP contribution is -2.36. The maximum Gasteiger partial charge on any atom is 0.227 e. The summed E-state index contributed by atoms with van der Waals surface area (Å²) in [5.74, 6) is 0.822. The Morgan fingerprint density at radius 1 is 1.64 bits per heavy atom. The molecule has 0 radical (unpaired) electrons. The zero-order chi connectivity index (χ0) is 10.0. The van der Waals surface area contributed by atoms with Gasteiger partial charge in [0.1, 0.15) is 5.76 Å². The van der Waals surface area contributed by atoms with Crippen molar-refractivity contribution in [2.24, 2.45) is 11.1 Å². The minimum Gasteiger partial charge on any atom is -0.467 e. The molecule has 1 aromatic heterocycles. The van der Waals surface area contributed by atoms with Crippen LogP contribution in [-0.4, -0.2) is 12.5 Å². The highest BCUT2D eigenvalue weighted by Crippen LogP contribution is 2.44. The van der Waals surface area contributed by atoms with Crippen LogP contribution in [0.5, 0.6) is 0 Å². The molecule has 4 nitrogen and oxygen atoms in total. The topological polar surface area (TPSA) is 68.3 Å². The lowest BCUT2D eigenvalue weighted by molar-refractivity contribution is -0.126. The van der Waals surface area contributed by atoms with E-state index in [1.165, 1.54) is 0 Å². The molecule has 1 amide bonds. The van der Waals surface area contributed by atoms with Crippen LogP contribution in [0.15, 0.2) is 22.8 Å². The minimum atomic E-state index is -0.271. The third-order valence-electron chi connectivity index (χ3n) is 2.73. The fourth-order valence-electron chi connectivity index (χ4n) is 1.44. The van der Waals surface area contributed by atoms with Gasteiger partial charge in [0.2, 0.25) is 5.91 Å². The summed E-state index contributed by atoms with van der Waals surface area (Å²) in [7, 11) is 0. The maximum absolute atomic E-state index is 11.6. The SMILES string of the molecule is NCC1(C(=O)NCc2ccco2)CC1. The third kappa shape index (κ3) is 1.65. The lowest BCUT2D eigenvalue weighted by atomic mass is 10.1. The van der Waals surface area contributed by atoms with Gasteiger partial charge in [0.15, 0.2) is 0 Å². The van der Waals surface area contributed by atoms with E-state index in [9.17, 15) is 4.79 Å². The summed E-state index contributed by atoms with van der Waals surface area (Å²) in [6.07, 6.45) is 3.41. The first-order chi connectivity index (χ1) is 6.77. The molecule has 1 aromatic rings. The van der Waals surface area contributed by atoms with Crippen LogP contribution in [0, 0.1) is 5.41 Å². The van der Waals surface area contributed by atoms with Gasteiger partial charge in [-0.05, 0) is 25.0 Å². The molecule has 1 saturated carbocycles. The van der Waals surface area contributed by atoms with Crippen molar-refractivity contribution in [2.75, 3.05) is 6.54 Å². The second-order valence-electron chi connectivity index (χ2n) is 3.75. The number of carbonyl (C=O) groups is 1. The van der Waals surface area contributed by atoms with Gasteiger partial charge in [-0.1, -0.05) is 0 Å². The molecule has 4 heteroatoms. The Kier molecular flexibility index (Phi) is 2.29. The molecule has 1 aliphatic carbocycles. The van der Waals surface area contributed by atoms with Crippen molar-refractivity contribution in [1.82, 2.24) is 5.32 Å². The Balaban J connectivity index is 1.84. The van der Waals surface area contributed by atoms with E-state index in [-0.39, 0.29) is 11.3 Å². The lowest BCUT2D eigenvalue weighted by Gasteiger charge is -2.11. The molecular weight excluding hydrogens is 180 g/mol. The van der Waals surface area contributed by atoms with Gasteiger partial charge in [0.05, 0.1) is 18.2 Å². The Labute approximate surface area is 82.5 Å². The third-order valence-corrected chi connectivity index (χ3v) is 2.73. The molecule has 3 N–H and O–H groups in total. The average Bonchev–Trinajstić information content (AvgIpc) is 2.84. The van der Waals surface area contributed by atoms with Crippen molar-refractivity contribution in [3.05, 3.63) is 24.2 Å². The Hall–Kier alpha value is -1.29. The summed E-state index contributed by atoms with van der Waals surface area (Å²) in [4.78, 5) is 11.6. The van der Waals surface area contributed by atoms with E-state index in [1.807, 2.05) is 6.07 Å². The van der Waals surface area contributed by atoms with Crippen LogP contribution in [0.1, 0.15) is 18.6 Å². The molecule has 0 aliphatic heterocycles. The summed E-state index contributed by atoms with van der Waals surface area (Å²) in [6, 6.07) is 3.64. The molecule has 0 aromatic carbocycles. The zero-order valence-corrected chi connectivity index (χ0v) is 7.95. The van der Waals surface area contributed by atoms with E-state index >= 15 is 0 Å². The molecule has 0 atom stereocenters. The molecular formula is C10H14N2O2. The van der Waals surface area contributed by atoms with Crippen LogP contribution in [0.4, 0.5) is 0 Å². The van der Waals surface area contributed by atoms with E-state index in [0.29, 0.717) is 13.1 Å².